The van der Waals surface area contributed by atoms with Crippen LogP contribution in [0, 0.1) is 5.41 Å². The highest BCUT2D eigenvalue weighted by molar-refractivity contribution is 8.13. The molecule has 3 heterocycles. The van der Waals surface area contributed by atoms with Crippen LogP contribution in [0.15, 0.2) is 12.7 Å². The topological polar surface area (TPSA) is 455 Å². The van der Waals surface area contributed by atoms with Gasteiger partial charge in [-0.3, -0.25) is 42.1 Å². The number of rotatable bonds is 22. The fourth-order valence-electron chi connectivity index (χ4n) is 4.54. The number of amides is 2. The van der Waals surface area contributed by atoms with Gasteiger partial charge in [-0.25, -0.2) is 33.4 Å². The van der Waals surface area contributed by atoms with Crippen LogP contribution in [0.5, 0.6) is 0 Å². The number of thioether (sulfide) groups is 1. The minimum absolute atomic E-state index is 0.0310. The van der Waals surface area contributed by atoms with Gasteiger partial charge in [0.1, 0.15) is 42.7 Å². The van der Waals surface area contributed by atoms with Gasteiger partial charge in [0.2, 0.25) is 11.8 Å². The monoisotopic (exact) mass is 941 g/mol. The number of ether oxygens (including phenoxy) is 1. The molecule has 1 fully saturated rings. The normalized spacial score (nSPS) is 20.5. The fourth-order valence-corrected chi connectivity index (χ4v) is 7.86. The van der Waals surface area contributed by atoms with Crippen molar-refractivity contribution in [2.24, 2.45) is 5.41 Å². The summed E-state index contributed by atoms with van der Waals surface area (Å²) in [4.78, 5) is 115. The minimum Gasteiger partial charge on any atom is -0.481 e. The molecule has 338 valence electrons. The lowest BCUT2D eigenvalue weighted by molar-refractivity contribution is -0.152. The Hall–Kier alpha value is -3.83. The van der Waals surface area contributed by atoms with E-state index in [0.717, 1.165) is 29.0 Å². The number of Topliss-reactive ketones (excluding diaryl/α,β-unsaturated/α-hetero) is 1. The third kappa shape index (κ3) is 17.3. The summed E-state index contributed by atoms with van der Waals surface area (Å²) < 4.78 is 61.8. The maximum absolute atomic E-state index is 12.6. The summed E-state index contributed by atoms with van der Waals surface area (Å²) >= 11 is 1.03. The molecular weight excluding hydrogens is 899 g/mol. The van der Waals surface area contributed by atoms with E-state index >= 15 is 0 Å². The second-order valence-electron chi connectivity index (χ2n) is 12.7. The van der Waals surface area contributed by atoms with Crippen molar-refractivity contribution in [1.82, 2.24) is 30.2 Å². The van der Waals surface area contributed by atoms with E-state index in [1.54, 1.807) is 0 Å². The molecule has 0 aromatic carbocycles. The van der Waals surface area contributed by atoms with E-state index in [9.17, 15) is 72.2 Å². The second kappa shape index (κ2) is 22.3. The zero-order valence-electron chi connectivity index (χ0n) is 31.4. The SMILES string of the molecule is CC(=O)SCCNC(=O)CCNC(=O)C(O)C(C)(C)COP(=O)(O)OP(=O)(O)OC[C@H]1O[C@@H](n2cnc3c(N)ncnc32)[C@H](O)[C@@H]1OP(=O)(O)O.O=C(O)CC(=O)C(=O)O. The van der Waals surface area contributed by atoms with Crippen LogP contribution in [0.3, 0.4) is 0 Å². The molecule has 2 aromatic heterocycles. The number of hydrogen-bond donors (Lipinski definition) is 11. The Bertz CT molecular complexity index is 2030. The molecule has 0 bridgehead atoms. The first-order valence-electron chi connectivity index (χ1n) is 16.6. The lowest BCUT2D eigenvalue weighted by Gasteiger charge is -2.30. The van der Waals surface area contributed by atoms with Crippen LogP contribution < -0.4 is 16.4 Å². The average molecular weight is 942 g/mol. The molecule has 0 radical (unpaired) electrons. The van der Waals surface area contributed by atoms with Crippen molar-refractivity contribution in [3.05, 3.63) is 12.7 Å². The van der Waals surface area contributed by atoms with Crippen LogP contribution >= 0.6 is 35.2 Å². The number of carboxylic acids is 2. The number of phosphoric ester groups is 3. The third-order valence-corrected chi connectivity index (χ3v) is 11.3. The van der Waals surface area contributed by atoms with E-state index in [-0.39, 0.29) is 41.6 Å². The lowest BCUT2D eigenvalue weighted by Crippen LogP contribution is -2.46. The van der Waals surface area contributed by atoms with Crippen molar-refractivity contribution >= 4 is 86.9 Å². The van der Waals surface area contributed by atoms with Gasteiger partial charge in [0.15, 0.2) is 22.8 Å². The van der Waals surface area contributed by atoms with Crippen molar-refractivity contribution in [3.8, 4) is 0 Å². The summed E-state index contributed by atoms with van der Waals surface area (Å²) in [5.41, 5.74) is 4.26. The predicted octanol–water partition coefficient (Wildman–Crippen LogP) is -2.20. The number of carbonyl (C=O) groups excluding carboxylic acids is 4. The van der Waals surface area contributed by atoms with Crippen LogP contribution in [0.1, 0.15) is 39.8 Å². The van der Waals surface area contributed by atoms with E-state index in [2.05, 4.69) is 34.4 Å². The first-order chi connectivity index (χ1) is 27.6. The van der Waals surface area contributed by atoms with Gasteiger partial charge in [0, 0.05) is 37.6 Å². The summed E-state index contributed by atoms with van der Waals surface area (Å²) in [5.74, 6) is -5.53. The van der Waals surface area contributed by atoms with E-state index < -0.39 is 109 Å². The number of aromatic nitrogens is 4. The van der Waals surface area contributed by atoms with Gasteiger partial charge in [0.25, 0.3) is 5.78 Å². The van der Waals surface area contributed by atoms with E-state index in [1.807, 2.05) is 0 Å². The second-order valence-corrected chi connectivity index (χ2v) is 18.2. The highest BCUT2D eigenvalue weighted by Gasteiger charge is 2.50. The number of aliphatic hydroxyl groups excluding tert-OH is 2. The zero-order chi connectivity index (χ0) is 45.8. The van der Waals surface area contributed by atoms with Crippen LogP contribution in [-0.2, 0) is 65.1 Å². The molecular formula is C27H42N7O22P3S. The maximum atomic E-state index is 12.6. The van der Waals surface area contributed by atoms with Gasteiger partial charge in [-0.2, -0.15) is 4.31 Å². The number of ketones is 1. The maximum Gasteiger partial charge on any atom is 0.481 e. The summed E-state index contributed by atoms with van der Waals surface area (Å²) in [6, 6.07) is 0. The molecule has 33 heteroatoms. The molecule has 12 N–H and O–H groups in total. The predicted molar refractivity (Wildman–Crippen MR) is 198 cm³/mol. The molecule has 60 heavy (non-hydrogen) atoms. The molecule has 2 amide bonds. The van der Waals surface area contributed by atoms with Crippen molar-refractivity contribution in [2.75, 3.05) is 37.8 Å². The Kier molecular flexibility index (Phi) is 19.5. The van der Waals surface area contributed by atoms with Gasteiger partial charge in [-0.15, -0.1) is 0 Å². The summed E-state index contributed by atoms with van der Waals surface area (Å²) in [5, 5.41) is 41.7. The van der Waals surface area contributed by atoms with Crippen LogP contribution in [0.2, 0.25) is 0 Å². The van der Waals surface area contributed by atoms with Crippen LogP contribution in [-0.4, -0.2) is 151 Å². The molecule has 2 aromatic rings. The Morgan fingerprint density at radius 3 is 2.20 bits per heavy atom. The van der Waals surface area contributed by atoms with Gasteiger partial charge in [-0.1, -0.05) is 25.6 Å². The van der Waals surface area contributed by atoms with Crippen molar-refractivity contribution in [1.29, 1.82) is 0 Å². The summed E-state index contributed by atoms with van der Waals surface area (Å²) in [7, 11) is -16.4. The molecule has 3 rings (SSSR count). The average Bonchev–Trinajstić information content (AvgIpc) is 3.68. The number of aliphatic carboxylic acids is 2. The zero-order valence-corrected chi connectivity index (χ0v) is 34.9. The Morgan fingerprint density at radius 1 is 1.00 bits per heavy atom. The molecule has 1 aliphatic rings. The third-order valence-electron chi connectivity index (χ3n) is 7.36. The number of nitrogens with zero attached hydrogens (tertiary/aromatic N) is 4. The Balaban J connectivity index is 0.00000123. The van der Waals surface area contributed by atoms with Crippen LogP contribution in [0.25, 0.3) is 11.2 Å². The quantitative estimate of drug-likeness (QED) is 0.0258. The number of hydrogen-bond acceptors (Lipinski definition) is 21. The summed E-state index contributed by atoms with van der Waals surface area (Å²) in [6.45, 7) is 1.90. The smallest absolute Gasteiger partial charge is 0.481 e. The molecule has 3 unspecified atom stereocenters. The molecule has 1 saturated heterocycles. The summed E-state index contributed by atoms with van der Waals surface area (Å²) in [6.07, 6.45) is -7.83. The first-order valence-corrected chi connectivity index (χ1v) is 22.1. The van der Waals surface area contributed by atoms with E-state index in [4.69, 9.17) is 29.7 Å². The standard InChI is InChI=1S/C23H38N7O17P3S.C4H4O5/c1-12(31)51-7-6-25-14(32)4-5-26-21(35)18(34)23(2,3)9-44-50(41,42)47-49(39,40)43-8-13-17(46-48(36,37)38)16(33)22(45-13)30-11-29-15-19(24)27-10-28-20(15)30;5-2(4(8)9)1-3(6)7/h10-11,13,16-18,22,33-34H,4-9H2,1-3H3,(H,25,32)(H,26,35)(H,39,40)(H,41,42)(H2,24,27,28)(H2,36,37,38);1H2,(H,6,7)(H,8,9)/t13-,16-,17-,18?,22-;/m1./s1. The molecule has 29 nitrogen and oxygen atoms in total. The number of phosphoric acid groups is 3. The Morgan fingerprint density at radius 2 is 1.63 bits per heavy atom. The Labute approximate surface area is 341 Å². The first kappa shape index (κ1) is 52.3. The van der Waals surface area contributed by atoms with Crippen molar-refractivity contribution < 1.29 is 105 Å². The van der Waals surface area contributed by atoms with Gasteiger partial charge >= 0.3 is 35.4 Å². The molecule has 7 atom stereocenters. The number of anilines is 1. The molecule has 0 spiro atoms. The van der Waals surface area contributed by atoms with Crippen molar-refractivity contribution in [3.63, 3.8) is 0 Å². The highest BCUT2D eigenvalue weighted by atomic mass is 32.2. The number of carbonyl (C=O) groups is 6. The van der Waals surface area contributed by atoms with Gasteiger partial charge in [-0.05, 0) is 0 Å². The van der Waals surface area contributed by atoms with Crippen molar-refractivity contribution in [2.45, 2.75) is 64.3 Å². The number of nitrogens with one attached hydrogen (secondary N) is 2. The number of imidazole rings is 1. The number of aliphatic hydroxyl groups is 2. The number of nitrogens with two attached hydrogens (primary N) is 1. The number of carboxylic acid groups (broad SMARTS) is 2. The number of fused-ring (bicyclic) bond motifs is 1. The van der Waals surface area contributed by atoms with Gasteiger partial charge < -0.3 is 61.1 Å². The molecule has 1 aliphatic heterocycles. The number of nitrogen functional groups attached to an aromatic ring is 1. The van der Waals surface area contributed by atoms with E-state index in [0.29, 0.717) is 5.75 Å². The van der Waals surface area contributed by atoms with E-state index in [1.165, 1.54) is 20.8 Å². The lowest BCUT2D eigenvalue weighted by atomic mass is 9.87. The molecule has 0 saturated carbocycles. The fraction of sp³-hybridized carbons (Fsp3) is 0.593. The largest absolute Gasteiger partial charge is 0.481 e. The molecule has 0 aliphatic carbocycles. The minimum atomic E-state index is -5.56. The van der Waals surface area contributed by atoms with Crippen LogP contribution in [0.4, 0.5) is 5.82 Å². The van der Waals surface area contributed by atoms with Gasteiger partial charge in [0.05, 0.1) is 19.5 Å². The highest BCUT2D eigenvalue weighted by Crippen LogP contribution is 2.61.